The molecule has 2 amide bonds. The highest BCUT2D eigenvalue weighted by atomic mass is 32.2. The molecule has 0 spiro atoms. The van der Waals surface area contributed by atoms with Crippen molar-refractivity contribution in [1.82, 2.24) is 10.6 Å². The number of hydrogen-bond acceptors (Lipinski definition) is 5. The number of hydrogen-bond donors (Lipinski definition) is 4. The zero-order valence-corrected chi connectivity index (χ0v) is 11.2. The summed E-state index contributed by atoms with van der Waals surface area (Å²) >= 11 is 0. The van der Waals surface area contributed by atoms with Gasteiger partial charge in [-0.25, -0.2) is 18.0 Å². The van der Waals surface area contributed by atoms with Gasteiger partial charge in [0.25, 0.3) is 0 Å². The molecule has 0 fully saturated rings. The molecule has 0 saturated carbocycles. The minimum atomic E-state index is -3.21. The average molecular weight is 282 g/mol. The summed E-state index contributed by atoms with van der Waals surface area (Å²) in [6.45, 7) is 2.05. The molecular formula is C9H18N2O6S. The SMILES string of the molecule is CC(CS(C)(=O)=O)NC(=O)NCC(C)(O)C(=O)O. The Bertz CT molecular complexity index is 417. The lowest BCUT2D eigenvalue weighted by molar-refractivity contribution is -0.155. The molecule has 0 bridgehead atoms. The molecule has 0 heterocycles. The summed E-state index contributed by atoms with van der Waals surface area (Å²) in [4.78, 5) is 21.8. The van der Waals surface area contributed by atoms with Crippen LogP contribution in [0.2, 0.25) is 0 Å². The summed E-state index contributed by atoms with van der Waals surface area (Å²) in [5, 5.41) is 22.4. The highest BCUT2D eigenvalue weighted by molar-refractivity contribution is 7.90. The summed E-state index contributed by atoms with van der Waals surface area (Å²) in [6, 6.07) is -1.36. The summed E-state index contributed by atoms with van der Waals surface area (Å²) in [6.07, 6.45) is 1.04. The van der Waals surface area contributed by atoms with Crippen LogP contribution in [-0.4, -0.2) is 60.8 Å². The minimum absolute atomic E-state index is 0.226. The van der Waals surface area contributed by atoms with E-state index < -0.39 is 40.0 Å². The van der Waals surface area contributed by atoms with Crippen molar-refractivity contribution in [2.45, 2.75) is 25.5 Å². The molecule has 18 heavy (non-hydrogen) atoms. The van der Waals surface area contributed by atoms with Crippen LogP contribution < -0.4 is 10.6 Å². The van der Waals surface area contributed by atoms with Crippen molar-refractivity contribution < 1.29 is 28.2 Å². The number of carboxylic acids is 1. The smallest absolute Gasteiger partial charge is 0.337 e. The van der Waals surface area contributed by atoms with Gasteiger partial charge in [-0.1, -0.05) is 0 Å². The second kappa shape index (κ2) is 6.01. The fourth-order valence-corrected chi connectivity index (χ4v) is 2.09. The second-order valence-corrected chi connectivity index (χ2v) is 6.58. The molecule has 0 aromatic carbocycles. The van der Waals surface area contributed by atoms with Gasteiger partial charge in [0.2, 0.25) is 0 Å². The van der Waals surface area contributed by atoms with Crippen molar-refractivity contribution in [1.29, 1.82) is 0 Å². The first-order valence-electron chi connectivity index (χ1n) is 5.12. The van der Waals surface area contributed by atoms with Crippen LogP contribution in [0.4, 0.5) is 4.79 Å². The number of carbonyl (C=O) groups excluding carboxylic acids is 1. The van der Waals surface area contributed by atoms with Crippen LogP contribution in [0.15, 0.2) is 0 Å². The molecule has 0 rings (SSSR count). The molecule has 0 aliphatic rings. The number of carboxylic acid groups (broad SMARTS) is 1. The maximum Gasteiger partial charge on any atom is 0.337 e. The first kappa shape index (κ1) is 16.6. The zero-order valence-electron chi connectivity index (χ0n) is 10.4. The van der Waals surface area contributed by atoms with Gasteiger partial charge in [-0.05, 0) is 13.8 Å². The van der Waals surface area contributed by atoms with Crippen molar-refractivity contribution in [3.05, 3.63) is 0 Å². The van der Waals surface area contributed by atoms with E-state index in [9.17, 15) is 23.1 Å². The predicted octanol–water partition coefficient (Wildman–Crippen LogP) is -1.45. The largest absolute Gasteiger partial charge is 0.479 e. The molecular weight excluding hydrogens is 264 g/mol. The van der Waals surface area contributed by atoms with Gasteiger partial charge in [0.05, 0.1) is 12.3 Å². The minimum Gasteiger partial charge on any atom is -0.479 e. The van der Waals surface area contributed by atoms with Crippen LogP contribution in [0.1, 0.15) is 13.8 Å². The van der Waals surface area contributed by atoms with E-state index in [1.54, 1.807) is 0 Å². The Labute approximate surface area is 105 Å². The van der Waals surface area contributed by atoms with E-state index in [0.717, 1.165) is 13.2 Å². The molecule has 0 saturated heterocycles. The van der Waals surface area contributed by atoms with Gasteiger partial charge in [-0.3, -0.25) is 0 Å². The molecule has 2 atom stereocenters. The lowest BCUT2D eigenvalue weighted by atomic mass is 10.1. The van der Waals surface area contributed by atoms with Crippen molar-refractivity contribution in [3.8, 4) is 0 Å². The maximum absolute atomic E-state index is 11.3. The van der Waals surface area contributed by atoms with Gasteiger partial charge in [-0.2, -0.15) is 0 Å². The Kier molecular flexibility index (Phi) is 5.55. The summed E-state index contributed by atoms with van der Waals surface area (Å²) in [7, 11) is -3.21. The number of rotatable bonds is 6. The lowest BCUT2D eigenvalue weighted by Crippen LogP contribution is -2.51. The van der Waals surface area contributed by atoms with Gasteiger partial charge >= 0.3 is 12.0 Å². The van der Waals surface area contributed by atoms with E-state index >= 15 is 0 Å². The molecule has 8 nitrogen and oxygen atoms in total. The van der Waals surface area contributed by atoms with Gasteiger partial charge in [0, 0.05) is 12.3 Å². The molecule has 0 aliphatic heterocycles. The van der Waals surface area contributed by atoms with Gasteiger partial charge in [-0.15, -0.1) is 0 Å². The Balaban J connectivity index is 4.18. The Morgan fingerprint density at radius 3 is 2.28 bits per heavy atom. The molecule has 0 radical (unpaired) electrons. The maximum atomic E-state index is 11.3. The Morgan fingerprint density at radius 2 is 1.89 bits per heavy atom. The van der Waals surface area contributed by atoms with Gasteiger partial charge < -0.3 is 20.8 Å². The van der Waals surface area contributed by atoms with Gasteiger partial charge in [0.1, 0.15) is 9.84 Å². The van der Waals surface area contributed by atoms with E-state index in [0.29, 0.717) is 0 Å². The van der Waals surface area contributed by atoms with Crippen molar-refractivity contribution in [2.75, 3.05) is 18.6 Å². The van der Waals surface area contributed by atoms with Crippen LogP contribution in [-0.2, 0) is 14.6 Å². The van der Waals surface area contributed by atoms with Crippen molar-refractivity contribution >= 4 is 21.8 Å². The number of nitrogens with one attached hydrogen (secondary N) is 2. The summed E-state index contributed by atoms with van der Waals surface area (Å²) < 4.78 is 21.9. The highest BCUT2D eigenvalue weighted by Gasteiger charge is 2.30. The first-order valence-corrected chi connectivity index (χ1v) is 7.18. The quantitative estimate of drug-likeness (QED) is 0.471. The van der Waals surface area contributed by atoms with Crippen LogP contribution in [0.25, 0.3) is 0 Å². The third kappa shape index (κ3) is 7.07. The van der Waals surface area contributed by atoms with Crippen molar-refractivity contribution in [3.63, 3.8) is 0 Å². The van der Waals surface area contributed by atoms with E-state index in [1.807, 2.05) is 0 Å². The van der Waals surface area contributed by atoms with Crippen molar-refractivity contribution in [2.24, 2.45) is 0 Å². The van der Waals surface area contributed by atoms with E-state index in [4.69, 9.17) is 5.11 Å². The number of aliphatic carboxylic acids is 1. The lowest BCUT2D eigenvalue weighted by Gasteiger charge is -2.19. The Morgan fingerprint density at radius 1 is 1.39 bits per heavy atom. The molecule has 0 aromatic heterocycles. The van der Waals surface area contributed by atoms with E-state index in [2.05, 4.69) is 10.6 Å². The number of carbonyl (C=O) groups is 2. The number of amides is 2. The monoisotopic (exact) mass is 282 g/mol. The van der Waals surface area contributed by atoms with E-state index in [-0.39, 0.29) is 5.75 Å². The molecule has 0 aliphatic carbocycles. The fourth-order valence-electron chi connectivity index (χ4n) is 1.10. The highest BCUT2D eigenvalue weighted by Crippen LogP contribution is 2.00. The summed E-state index contributed by atoms with van der Waals surface area (Å²) in [5.41, 5.74) is -2.07. The topological polar surface area (TPSA) is 133 Å². The molecule has 0 aromatic rings. The third-order valence-corrected chi connectivity index (χ3v) is 3.09. The first-order chi connectivity index (χ1) is 7.94. The number of urea groups is 1. The third-order valence-electron chi connectivity index (χ3n) is 1.98. The van der Waals surface area contributed by atoms with Crippen LogP contribution in [0.5, 0.6) is 0 Å². The van der Waals surface area contributed by atoms with Crippen LogP contribution >= 0.6 is 0 Å². The van der Waals surface area contributed by atoms with Crippen LogP contribution in [0, 0.1) is 0 Å². The normalized spacial score (nSPS) is 16.4. The predicted molar refractivity (Wildman–Crippen MR) is 64.0 cm³/mol. The van der Waals surface area contributed by atoms with Gasteiger partial charge in [0.15, 0.2) is 5.60 Å². The fraction of sp³-hybridized carbons (Fsp3) is 0.778. The standard InChI is InChI=1S/C9H18N2O6S/c1-6(4-18(3,16)17)11-8(14)10-5-9(2,15)7(12)13/h6,15H,4-5H2,1-3H3,(H,12,13)(H2,10,11,14). The Hall–Kier alpha value is -1.35. The molecule has 9 heteroatoms. The molecule has 106 valence electrons. The average Bonchev–Trinajstić information content (AvgIpc) is 2.11. The van der Waals surface area contributed by atoms with Crippen LogP contribution in [0.3, 0.4) is 0 Å². The number of aliphatic hydroxyl groups is 1. The summed E-state index contributed by atoms with van der Waals surface area (Å²) in [5.74, 6) is -1.69. The van der Waals surface area contributed by atoms with E-state index in [1.165, 1.54) is 6.92 Å². The second-order valence-electron chi connectivity index (χ2n) is 4.40. The molecule has 2 unspecified atom stereocenters. The number of sulfone groups is 1. The zero-order chi connectivity index (χ0) is 14.6. The molecule has 4 N–H and O–H groups in total.